The van der Waals surface area contributed by atoms with Crippen LogP contribution in [0.4, 0.5) is 0 Å². The summed E-state index contributed by atoms with van der Waals surface area (Å²) in [6.07, 6.45) is 3.59. The molecule has 2 nitrogen and oxygen atoms in total. The number of fused-ring (bicyclic) bond motifs is 1. The molecule has 0 amide bonds. The zero-order chi connectivity index (χ0) is 10.7. The van der Waals surface area contributed by atoms with Gasteiger partial charge in [-0.1, -0.05) is 13.0 Å². The second kappa shape index (κ2) is 4.67. The molecule has 0 heterocycles. The van der Waals surface area contributed by atoms with E-state index < -0.39 is 0 Å². The van der Waals surface area contributed by atoms with Gasteiger partial charge in [0.2, 0.25) is 0 Å². The highest BCUT2D eigenvalue weighted by atomic mass is 16.5. The van der Waals surface area contributed by atoms with Crippen LogP contribution < -0.4 is 10.1 Å². The summed E-state index contributed by atoms with van der Waals surface area (Å²) in [6.45, 7) is 3.23. The number of hydrogen-bond acceptors (Lipinski definition) is 2. The summed E-state index contributed by atoms with van der Waals surface area (Å²) < 4.78 is 5.26. The Hall–Kier alpha value is -1.02. The summed E-state index contributed by atoms with van der Waals surface area (Å²) >= 11 is 0. The van der Waals surface area contributed by atoms with Crippen LogP contribution in [0.3, 0.4) is 0 Å². The van der Waals surface area contributed by atoms with Crippen LogP contribution in [0.1, 0.15) is 24.5 Å². The molecule has 1 aliphatic carbocycles. The van der Waals surface area contributed by atoms with E-state index in [-0.39, 0.29) is 0 Å². The van der Waals surface area contributed by atoms with Crippen molar-refractivity contribution in [2.75, 3.05) is 13.7 Å². The van der Waals surface area contributed by atoms with Crippen molar-refractivity contribution in [3.8, 4) is 5.75 Å². The van der Waals surface area contributed by atoms with E-state index in [1.807, 2.05) is 0 Å². The highest BCUT2D eigenvalue weighted by molar-refractivity contribution is 5.37. The summed E-state index contributed by atoms with van der Waals surface area (Å²) in [5.74, 6) is 0.978. The molecule has 0 saturated heterocycles. The standard InChI is InChI=1S/C13H19NO/c1-3-14-12-6-4-10-5-7-13(15-2)9-11(10)8-12/h5,7,9,12,14H,3-4,6,8H2,1-2H3/t12-/m1/s1. The number of hydrogen-bond donors (Lipinski definition) is 1. The lowest BCUT2D eigenvalue weighted by Gasteiger charge is -2.25. The van der Waals surface area contributed by atoms with Gasteiger partial charge in [-0.15, -0.1) is 0 Å². The molecule has 1 N–H and O–H groups in total. The summed E-state index contributed by atoms with van der Waals surface area (Å²) in [5.41, 5.74) is 2.94. The molecular weight excluding hydrogens is 186 g/mol. The molecule has 0 radical (unpaired) electrons. The molecule has 0 fully saturated rings. The van der Waals surface area contributed by atoms with E-state index in [2.05, 4.69) is 30.4 Å². The quantitative estimate of drug-likeness (QED) is 0.816. The molecule has 0 bridgehead atoms. The third-order valence-electron chi connectivity index (χ3n) is 3.13. The topological polar surface area (TPSA) is 21.3 Å². The number of benzene rings is 1. The fraction of sp³-hybridized carbons (Fsp3) is 0.538. The predicted molar refractivity (Wildman–Crippen MR) is 62.5 cm³/mol. The minimum Gasteiger partial charge on any atom is -0.497 e. The lowest BCUT2D eigenvalue weighted by molar-refractivity contribution is 0.411. The molecule has 0 spiro atoms. The van der Waals surface area contributed by atoms with E-state index in [9.17, 15) is 0 Å². The minimum atomic E-state index is 0.648. The summed E-state index contributed by atoms with van der Waals surface area (Å²) in [6, 6.07) is 7.09. The first kappa shape index (κ1) is 10.5. The van der Waals surface area contributed by atoms with Gasteiger partial charge in [-0.2, -0.15) is 0 Å². The Bertz CT molecular complexity index is 335. The van der Waals surface area contributed by atoms with Gasteiger partial charge in [0.15, 0.2) is 0 Å². The number of ether oxygens (including phenoxy) is 1. The Kier molecular flexibility index (Phi) is 3.27. The molecule has 1 aromatic rings. The maximum absolute atomic E-state index is 5.26. The maximum atomic E-state index is 5.26. The van der Waals surface area contributed by atoms with Crippen molar-refractivity contribution < 1.29 is 4.74 Å². The molecule has 0 aliphatic heterocycles. The average molecular weight is 205 g/mol. The van der Waals surface area contributed by atoms with Crippen molar-refractivity contribution in [2.24, 2.45) is 0 Å². The zero-order valence-electron chi connectivity index (χ0n) is 9.55. The van der Waals surface area contributed by atoms with E-state index in [0.29, 0.717) is 6.04 Å². The normalized spacial score (nSPS) is 19.7. The summed E-state index contributed by atoms with van der Waals surface area (Å²) in [5, 5.41) is 3.52. The van der Waals surface area contributed by atoms with Crippen molar-refractivity contribution in [3.63, 3.8) is 0 Å². The summed E-state index contributed by atoms with van der Waals surface area (Å²) in [4.78, 5) is 0. The molecular formula is C13H19NO. The first-order valence-corrected chi connectivity index (χ1v) is 5.72. The smallest absolute Gasteiger partial charge is 0.119 e. The Balaban J connectivity index is 2.16. The maximum Gasteiger partial charge on any atom is 0.119 e. The Morgan fingerprint density at radius 3 is 3.00 bits per heavy atom. The number of aryl methyl sites for hydroxylation is 1. The van der Waals surface area contributed by atoms with Crippen LogP contribution in [-0.2, 0) is 12.8 Å². The third-order valence-corrected chi connectivity index (χ3v) is 3.13. The molecule has 2 heteroatoms. The average Bonchev–Trinajstić information content (AvgIpc) is 2.28. The van der Waals surface area contributed by atoms with Gasteiger partial charge in [-0.25, -0.2) is 0 Å². The van der Waals surface area contributed by atoms with Gasteiger partial charge in [0, 0.05) is 6.04 Å². The lowest BCUT2D eigenvalue weighted by atomic mass is 9.88. The van der Waals surface area contributed by atoms with Gasteiger partial charge in [0.25, 0.3) is 0 Å². The van der Waals surface area contributed by atoms with E-state index >= 15 is 0 Å². The molecule has 0 unspecified atom stereocenters. The minimum absolute atomic E-state index is 0.648. The predicted octanol–water partition coefficient (Wildman–Crippen LogP) is 2.16. The molecule has 0 aromatic heterocycles. The third kappa shape index (κ3) is 2.32. The SMILES string of the molecule is CCN[C@@H]1CCc2ccc(OC)cc2C1. The number of nitrogens with one attached hydrogen (secondary N) is 1. The van der Waals surface area contributed by atoms with Crippen LogP contribution in [0.2, 0.25) is 0 Å². The van der Waals surface area contributed by atoms with Crippen LogP contribution in [0.15, 0.2) is 18.2 Å². The monoisotopic (exact) mass is 205 g/mol. The van der Waals surface area contributed by atoms with Crippen molar-refractivity contribution in [1.29, 1.82) is 0 Å². The van der Waals surface area contributed by atoms with Crippen LogP contribution in [0, 0.1) is 0 Å². The first-order chi connectivity index (χ1) is 7.33. The fourth-order valence-electron chi connectivity index (χ4n) is 2.32. The van der Waals surface area contributed by atoms with Gasteiger partial charge in [0.1, 0.15) is 5.75 Å². The van der Waals surface area contributed by atoms with Crippen LogP contribution >= 0.6 is 0 Å². The van der Waals surface area contributed by atoms with Crippen LogP contribution in [0.5, 0.6) is 5.75 Å². The van der Waals surface area contributed by atoms with Crippen molar-refractivity contribution in [3.05, 3.63) is 29.3 Å². The van der Waals surface area contributed by atoms with E-state index in [0.717, 1.165) is 18.7 Å². The van der Waals surface area contributed by atoms with Gasteiger partial charge in [-0.05, 0) is 49.1 Å². The fourth-order valence-corrected chi connectivity index (χ4v) is 2.32. The molecule has 1 aromatic carbocycles. The highest BCUT2D eigenvalue weighted by Gasteiger charge is 2.17. The molecule has 1 aliphatic rings. The van der Waals surface area contributed by atoms with E-state index in [1.165, 1.54) is 24.0 Å². The molecule has 15 heavy (non-hydrogen) atoms. The number of rotatable bonds is 3. The number of methoxy groups -OCH3 is 1. The molecule has 82 valence electrons. The Morgan fingerprint density at radius 2 is 2.27 bits per heavy atom. The van der Waals surface area contributed by atoms with Gasteiger partial charge in [-0.3, -0.25) is 0 Å². The van der Waals surface area contributed by atoms with Crippen molar-refractivity contribution in [1.82, 2.24) is 5.32 Å². The molecule has 0 saturated carbocycles. The Labute approximate surface area is 91.6 Å². The second-order valence-corrected chi connectivity index (χ2v) is 4.13. The first-order valence-electron chi connectivity index (χ1n) is 5.72. The largest absolute Gasteiger partial charge is 0.497 e. The lowest BCUT2D eigenvalue weighted by Crippen LogP contribution is -2.34. The molecule has 1 atom stereocenters. The summed E-state index contributed by atoms with van der Waals surface area (Å²) in [7, 11) is 1.73. The second-order valence-electron chi connectivity index (χ2n) is 4.13. The van der Waals surface area contributed by atoms with E-state index in [1.54, 1.807) is 7.11 Å². The highest BCUT2D eigenvalue weighted by Crippen LogP contribution is 2.25. The zero-order valence-corrected chi connectivity index (χ0v) is 9.55. The Morgan fingerprint density at radius 1 is 1.40 bits per heavy atom. The van der Waals surface area contributed by atoms with E-state index in [4.69, 9.17) is 4.74 Å². The van der Waals surface area contributed by atoms with Crippen molar-refractivity contribution in [2.45, 2.75) is 32.2 Å². The van der Waals surface area contributed by atoms with Gasteiger partial charge < -0.3 is 10.1 Å². The van der Waals surface area contributed by atoms with Gasteiger partial charge >= 0.3 is 0 Å². The van der Waals surface area contributed by atoms with Crippen LogP contribution in [0.25, 0.3) is 0 Å². The van der Waals surface area contributed by atoms with Crippen molar-refractivity contribution >= 4 is 0 Å². The van der Waals surface area contributed by atoms with Gasteiger partial charge in [0.05, 0.1) is 7.11 Å². The molecule has 2 rings (SSSR count). The number of likely N-dealkylation sites (N-methyl/N-ethyl adjacent to an activating group) is 1. The van der Waals surface area contributed by atoms with Crippen LogP contribution in [-0.4, -0.2) is 19.7 Å².